The fourth-order valence-corrected chi connectivity index (χ4v) is 4.21. The fraction of sp³-hybridized carbons (Fsp3) is 0.292. The van der Waals surface area contributed by atoms with Crippen LogP contribution in [0.5, 0.6) is 0 Å². The third kappa shape index (κ3) is 5.98. The van der Waals surface area contributed by atoms with Crippen LogP contribution in [-0.2, 0) is 11.3 Å². The first-order valence-corrected chi connectivity index (χ1v) is 11.5. The Hall–Kier alpha value is -3.06. The van der Waals surface area contributed by atoms with Gasteiger partial charge in [-0.1, -0.05) is 54.2 Å². The SMILES string of the molecule is Cc1cccc(N2CCN(c3ccc(SCC(=O)NCc4ccccc4)nn3)CC2)c1. The van der Waals surface area contributed by atoms with Crippen LogP contribution in [0.25, 0.3) is 0 Å². The Balaban J connectivity index is 1.22. The number of amides is 1. The van der Waals surface area contributed by atoms with E-state index in [0.717, 1.165) is 42.6 Å². The summed E-state index contributed by atoms with van der Waals surface area (Å²) in [5.74, 6) is 1.21. The van der Waals surface area contributed by atoms with Crippen LogP contribution < -0.4 is 15.1 Å². The highest BCUT2D eigenvalue weighted by molar-refractivity contribution is 7.99. The Labute approximate surface area is 187 Å². The summed E-state index contributed by atoms with van der Waals surface area (Å²) in [6.45, 7) is 6.42. The molecule has 1 aliphatic rings. The van der Waals surface area contributed by atoms with E-state index in [-0.39, 0.29) is 5.91 Å². The van der Waals surface area contributed by atoms with Crippen LogP contribution in [0.2, 0.25) is 0 Å². The Kier molecular flexibility index (Phi) is 7.04. The smallest absolute Gasteiger partial charge is 0.230 e. The topological polar surface area (TPSA) is 61.4 Å². The van der Waals surface area contributed by atoms with Gasteiger partial charge in [0.25, 0.3) is 0 Å². The van der Waals surface area contributed by atoms with Gasteiger partial charge in [-0.2, -0.15) is 0 Å². The van der Waals surface area contributed by atoms with Gasteiger partial charge in [-0.05, 0) is 42.3 Å². The lowest BCUT2D eigenvalue weighted by atomic mass is 10.2. The summed E-state index contributed by atoms with van der Waals surface area (Å²) in [5.41, 5.74) is 3.66. The van der Waals surface area contributed by atoms with Gasteiger partial charge in [-0.15, -0.1) is 10.2 Å². The number of carbonyl (C=O) groups excluding carboxylic acids is 1. The van der Waals surface area contributed by atoms with E-state index in [1.807, 2.05) is 42.5 Å². The van der Waals surface area contributed by atoms with Crippen molar-refractivity contribution < 1.29 is 4.79 Å². The minimum absolute atomic E-state index is 0.00741. The molecule has 0 unspecified atom stereocenters. The molecule has 0 spiro atoms. The van der Waals surface area contributed by atoms with Crippen LogP contribution in [0.3, 0.4) is 0 Å². The number of nitrogens with one attached hydrogen (secondary N) is 1. The zero-order chi connectivity index (χ0) is 21.5. The largest absolute Gasteiger partial charge is 0.368 e. The highest BCUT2D eigenvalue weighted by atomic mass is 32.2. The third-order valence-electron chi connectivity index (χ3n) is 5.28. The first kappa shape index (κ1) is 21.2. The maximum atomic E-state index is 12.1. The molecular weight excluding hydrogens is 406 g/mol. The zero-order valence-corrected chi connectivity index (χ0v) is 18.5. The summed E-state index contributed by atoms with van der Waals surface area (Å²) in [6, 6.07) is 22.5. The molecule has 0 atom stereocenters. The number of hydrogen-bond donors (Lipinski definition) is 1. The number of carbonyl (C=O) groups is 1. The standard InChI is InChI=1S/C24H27N5OS/c1-19-6-5-9-21(16-19)28-12-14-29(15-13-28)22-10-11-24(27-26-22)31-18-23(30)25-17-20-7-3-2-4-8-20/h2-11,16H,12-15,17-18H2,1H3,(H,25,30). The van der Waals surface area contributed by atoms with Crippen molar-refractivity contribution in [1.82, 2.24) is 15.5 Å². The lowest BCUT2D eigenvalue weighted by molar-refractivity contribution is -0.118. The molecular formula is C24H27N5OS. The second-order valence-corrected chi connectivity index (χ2v) is 8.59. The predicted molar refractivity (Wildman–Crippen MR) is 127 cm³/mol. The number of hydrogen-bond acceptors (Lipinski definition) is 6. The van der Waals surface area contributed by atoms with Crippen molar-refractivity contribution in [1.29, 1.82) is 0 Å². The minimum atomic E-state index is -0.00741. The van der Waals surface area contributed by atoms with Gasteiger partial charge in [-0.25, -0.2) is 0 Å². The average molecular weight is 434 g/mol. The summed E-state index contributed by atoms with van der Waals surface area (Å²) in [4.78, 5) is 16.8. The predicted octanol–water partition coefficient (Wildman–Crippen LogP) is 3.52. The molecule has 1 amide bonds. The monoisotopic (exact) mass is 433 g/mol. The van der Waals surface area contributed by atoms with Gasteiger partial charge >= 0.3 is 0 Å². The van der Waals surface area contributed by atoms with E-state index in [9.17, 15) is 4.79 Å². The summed E-state index contributed by atoms with van der Waals surface area (Å²) < 4.78 is 0. The van der Waals surface area contributed by atoms with Crippen molar-refractivity contribution in [2.45, 2.75) is 18.5 Å². The van der Waals surface area contributed by atoms with Crippen molar-refractivity contribution in [2.24, 2.45) is 0 Å². The number of rotatable bonds is 7. The van der Waals surface area contributed by atoms with Crippen LogP contribution in [0, 0.1) is 6.92 Å². The Bertz CT molecular complexity index is 988. The second kappa shape index (κ2) is 10.3. The maximum Gasteiger partial charge on any atom is 0.230 e. The number of nitrogens with zero attached hydrogens (tertiary/aromatic N) is 4. The van der Waals surface area contributed by atoms with Gasteiger partial charge in [0.1, 0.15) is 5.03 Å². The van der Waals surface area contributed by atoms with E-state index < -0.39 is 0 Å². The lowest BCUT2D eigenvalue weighted by Crippen LogP contribution is -2.46. The van der Waals surface area contributed by atoms with Crippen LogP contribution in [0.1, 0.15) is 11.1 Å². The van der Waals surface area contributed by atoms with Crippen LogP contribution in [0.15, 0.2) is 71.8 Å². The molecule has 1 fully saturated rings. The normalized spacial score (nSPS) is 13.8. The average Bonchev–Trinajstić information content (AvgIpc) is 2.82. The van der Waals surface area contributed by atoms with Crippen LogP contribution in [-0.4, -0.2) is 48.0 Å². The van der Waals surface area contributed by atoms with Crippen molar-refractivity contribution in [3.8, 4) is 0 Å². The lowest BCUT2D eigenvalue weighted by Gasteiger charge is -2.36. The molecule has 0 radical (unpaired) electrons. The Morgan fingerprint density at radius 3 is 2.42 bits per heavy atom. The molecule has 2 heterocycles. The third-order valence-corrected chi connectivity index (χ3v) is 6.20. The van der Waals surface area contributed by atoms with Gasteiger partial charge in [0.05, 0.1) is 5.75 Å². The Morgan fingerprint density at radius 1 is 0.935 bits per heavy atom. The second-order valence-electron chi connectivity index (χ2n) is 7.59. The quantitative estimate of drug-likeness (QED) is 0.576. The first-order chi connectivity index (χ1) is 15.2. The molecule has 7 heteroatoms. The molecule has 1 aliphatic heterocycles. The fourth-order valence-electron chi connectivity index (χ4n) is 3.56. The number of benzene rings is 2. The van der Waals surface area contributed by atoms with Crippen molar-refractivity contribution in [2.75, 3.05) is 41.7 Å². The maximum absolute atomic E-state index is 12.1. The van der Waals surface area contributed by atoms with E-state index in [1.54, 1.807) is 0 Å². The molecule has 31 heavy (non-hydrogen) atoms. The van der Waals surface area contributed by atoms with E-state index in [2.05, 4.69) is 56.5 Å². The summed E-state index contributed by atoms with van der Waals surface area (Å²) in [7, 11) is 0. The van der Waals surface area contributed by atoms with Gasteiger partial charge in [0.2, 0.25) is 5.91 Å². The van der Waals surface area contributed by atoms with Crippen molar-refractivity contribution in [3.05, 3.63) is 77.9 Å². The molecule has 4 rings (SSSR count). The van der Waals surface area contributed by atoms with Crippen LogP contribution in [0.4, 0.5) is 11.5 Å². The highest BCUT2D eigenvalue weighted by Gasteiger charge is 2.19. The van der Waals surface area contributed by atoms with Gasteiger partial charge in [-0.3, -0.25) is 4.79 Å². The van der Waals surface area contributed by atoms with E-state index >= 15 is 0 Å². The summed E-state index contributed by atoms with van der Waals surface area (Å²) in [5, 5.41) is 12.4. The minimum Gasteiger partial charge on any atom is -0.368 e. The van der Waals surface area contributed by atoms with Gasteiger partial charge in [0.15, 0.2) is 5.82 Å². The van der Waals surface area contributed by atoms with E-state index in [4.69, 9.17) is 0 Å². The summed E-state index contributed by atoms with van der Waals surface area (Å²) in [6.07, 6.45) is 0. The zero-order valence-electron chi connectivity index (χ0n) is 17.7. The molecule has 1 aromatic heterocycles. The first-order valence-electron chi connectivity index (χ1n) is 10.5. The van der Waals surface area contributed by atoms with Crippen molar-refractivity contribution in [3.63, 3.8) is 0 Å². The van der Waals surface area contributed by atoms with Gasteiger partial charge < -0.3 is 15.1 Å². The molecule has 0 aliphatic carbocycles. The van der Waals surface area contributed by atoms with E-state index in [0.29, 0.717) is 12.3 Å². The number of aromatic nitrogens is 2. The molecule has 1 N–H and O–H groups in total. The van der Waals surface area contributed by atoms with Crippen LogP contribution >= 0.6 is 11.8 Å². The molecule has 160 valence electrons. The number of anilines is 2. The molecule has 6 nitrogen and oxygen atoms in total. The Morgan fingerprint density at radius 2 is 1.71 bits per heavy atom. The molecule has 1 saturated heterocycles. The molecule has 0 saturated carbocycles. The number of piperazine rings is 1. The summed E-state index contributed by atoms with van der Waals surface area (Å²) >= 11 is 1.41. The number of aryl methyl sites for hydroxylation is 1. The molecule has 0 bridgehead atoms. The van der Waals surface area contributed by atoms with E-state index in [1.165, 1.54) is 23.0 Å². The van der Waals surface area contributed by atoms with Crippen molar-refractivity contribution >= 4 is 29.2 Å². The molecule has 3 aromatic rings. The highest BCUT2D eigenvalue weighted by Crippen LogP contribution is 2.21. The number of thioether (sulfide) groups is 1. The molecule has 2 aromatic carbocycles. The van der Waals surface area contributed by atoms with Gasteiger partial charge in [0, 0.05) is 38.4 Å².